The van der Waals surface area contributed by atoms with Crippen LogP contribution in [0.15, 0.2) is 0 Å². The van der Waals surface area contributed by atoms with Gasteiger partial charge < -0.3 is 0 Å². The molecule has 4 atom stereocenters. The standard InChI is InChI=1S/C15H27N3/c1-4-17-15(3,11-16)8-12(2)18-9-13-6-5-7-14(13)10-18/h12-14,17H,4-10H2,1-3H3. The third-order valence-corrected chi connectivity index (χ3v) is 4.90. The minimum atomic E-state index is -0.369. The van der Waals surface area contributed by atoms with E-state index >= 15 is 0 Å². The predicted octanol–water partition coefficient (Wildman–Crippen LogP) is 2.39. The smallest absolute Gasteiger partial charge is 0.105 e. The lowest BCUT2D eigenvalue weighted by Crippen LogP contribution is -2.46. The molecule has 0 amide bonds. The molecular formula is C15H27N3. The topological polar surface area (TPSA) is 39.1 Å². The fourth-order valence-electron chi connectivity index (χ4n) is 3.90. The van der Waals surface area contributed by atoms with E-state index in [9.17, 15) is 5.26 Å². The number of fused-ring (bicyclic) bond motifs is 1. The summed E-state index contributed by atoms with van der Waals surface area (Å²) < 4.78 is 0. The quantitative estimate of drug-likeness (QED) is 0.813. The SMILES string of the molecule is CCNC(C)(C#N)CC(C)N1CC2CCCC2C1. The van der Waals surface area contributed by atoms with Gasteiger partial charge in [-0.05, 0) is 51.5 Å². The number of rotatable bonds is 5. The molecule has 1 aliphatic heterocycles. The maximum absolute atomic E-state index is 9.34. The van der Waals surface area contributed by atoms with E-state index < -0.39 is 0 Å². The van der Waals surface area contributed by atoms with E-state index in [1.165, 1.54) is 32.4 Å². The molecule has 3 heteroatoms. The molecule has 0 aromatic carbocycles. The van der Waals surface area contributed by atoms with Crippen molar-refractivity contribution in [1.29, 1.82) is 5.26 Å². The van der Waals surface area contributed by atoms with Crippen LogP contribution in [-0.2, 0) is 0 Å². The fraction of sp³-hybridized carbons (Fsp3) is 0.933. The zero-order valence-electron chi connectivity index (χ0n) is 12.1. The van der Waals surface area contributed by atoms with Crippen LogP contribution in [0.3, 0.4) is 0 Å². The third-order valence-electron chi connectivity index (χ3n) is 4.90. The van der Waals surface area contributed by atoms with Crippen molar-refractivity contribution in [2.45, 2.75) is 58.0 Å². The molecule has 1 saturated heterocycles. The molecule has 1 aliphatic carbocycles. The predicted molar refractivity (Wildman–Crippen MR) is 74.2 cm³/mol. The van der Waals surface area contributed by atoms with Crippen molar-refractivity contribution in [3.63, 3.8) is 0 Å². The summed E-state index contributed by atoms with van der Waals surface area (Å²) in [5.74, 6) is 1.89. The Morgan fingerprint density at radius 3 is 2.50 bits per heavy atom. The number of hydrogen-bond acceptors (Lipinski definition) is 3. The molecule has 0 aromatic rings. The molecule has 2 rings (SSSR count). The van der Waals surface area contributed by atoms with Crippen molar-refractivity contribution in [2.75, 3.05) is 19.6 Å². The van der Waals surface area contributed by atoms with Crippen LogP contribution < -0.4 is 5.32 Å². The number of nitrogens with one attached hydrogen (secondary N) is 1. The minimum Gasteiger partial charge on any atom is -0.300 e. The molecule has 1 heterocycles. The highest BCUT2D eigenvalue weighted by Gasteiger charge is 2.39. The molecule has 0 spiro atoms. The van der Waals surface area contributed by atoms with Crippen LogP contribution >= 0.6 is 0 Å². The van der Waals surface area contributed by atoms with E-state index in [0.717, 1.165) is 24.8 Å². The number of hydrogen-bond donors (Lipinski definition) is 1. The van der Waals surface area contributed by atoms with E-state index in [-0.39, 0.29) is 5.54 Å². The maximum Gasteiger partial charge on any atom is 0.105 e. The highest BCUT2D eigenvalue weighted by molar-refractivity contribution is 5.06. The normalized spacial score (nSPS) is 32.8. The summed E-state index contributed by atoms with van der Waals surface area (Å²) in [6, 6.07) is 2.96. The fourth-order valence-corrected chi connectivity index (χ4v) is 3.90. The Morgan fingerprint density at radius 1 is 1.39 bits per heavy atom. The Kier molecular flexibility index (Phi) is 4.29. The van der Waals surface area contributed by atoms with Crippen molar-refractivity contribution in [3.05, 3.63) is 0 Å². The van der Waals surface area contributed by atoms with E-state index in [1.807, 2.05) is 6.92 Å². The minimum absolute atomic E-state index is 0.369. The van der Waals surface area contributed by atoms with Gasteiger partial charge in [-0.15, -0.1) is 0 Å². The number of likely N-dealkylation sites (tertiary alicyclic amines) is 1. The second-order valence-corrected chi connectivity index (χ2v) is 6.43. The van der Waals surface area contributed by atoms with Gasteiger partial charge in [0.15, 0.2) is 0 Å². The monoisotopic (exact) mass is 249 g/mol. The van der Waals surface area contributed by atoms with E-state index in [0.29, 0.717) is 6.04 Å². The van der Waals surface area contributed by atoms with Crippen molar-refractivity contribution in [2.24, 2.45) is 11.8 Å². The Bertz CT molecular complexity index is 310. The van der Waals surface area contributed by atoms with Crippen molar-refractivity contribution < 1.29 is 0 Å². The molecule has 102 valence electrons. The van der Waals surface area contributed by atoms with Crippen LogP contribution in [0.4, 0.5) is 0 Å². The average Bonchev–Trinajstić information content (AvgIpc) is 2.89. The van der Waals surface area contributed by atoms with Gasteiger partial charge in [0.1, 0.15) is 5.54 Å². The van der Waals surface area contributed by atoms with Gasteiger partial charge in [-0.2, -0.15) is 5.26 Å². The summed E-state index contributed by atoms with van der Waals surface area (Å²) in [5.41, 5.74) is -0.369. The van der Waals surface area contributed by atoms with Crippen LogP contribution in [0.1, 0.15) is 46.5 Å². The van der Waals surface area contributed by atoms with Crippen LogP contribution in [0.2, 0.25) is 0 Å². The summed E-state index contributed by atoms with van der Waals surface area (Å²) in [6.45, 7) is 9.78. The Labute approximate surface area is 112 Å². The van der Waals surface area contributed by atoms with Crippen LogP contribution in [0, 0.1) is 23.2 Å². The highest BCUT2D eigenvalue weighted by Crippen LogP contribution is 2.39. The lowest BCUT2D eigenvalue weighted by molar-refractivity contribution is 0.200. The Balaban J connectivity index is 1.88. The highest BCUT2D eigenvalue weighted by atomic mass is 15.2. The lowest BCUT2D eigenvalue weighted by Gasteiger charge is -2.32. The van der Waals surface area contributed by atoms with Gasteiger partial charge in [0.2, 0.25) is 0 Å². The zero-order chi connectivity index (χ0) is 13.2. The molecular weight excluding hydrogens is 222 g/mol. The molecule has 1 saturated carbocycles. The molecule has 0 aromatic heterocycles. The van der Waals surface area contributed by atoms with Crippen molar-refractivity contribution >= 4 is 0 Å². The summed E-state index contributed by atoms with van der Waals surface area (Å²) in [4.78, 5) is 2.61. The van der Waals surface area contributed by atoms with E-state index in [2.05, 4.69) is 30.1 Å². The zero-order valence-corrected chi connectivity index (χ0v) is 12.1. The largest absolute Gasteiger partial charge is 0.300 e. The summed E-state index contributed by atoms with van der Waals surface area (Å²) in [6.07, 6.45) is 5.22. The molecule has 2 aliphatic rings. The lowest BCUT2D eigenvalue weighted by atomic mass is 9.94. The second kappa shape index (κ2) is 5.59. The molecule has 18 heavy (non-hydrogen) atoms. The first kappa shape index (κ1) is 13.8. The molecule has 0 radical (unpaired) electrons. The van der Waals surface area contributed by atoms with Crippen LogP contribution in [0.5, 0.6) is 0 Å². The molecule has 1 N–H and O–H groups in total. The van der Waals surface area contributed by atoms with Gasteiger partial charge in [0.25, 0.3) is 0 Å². The first-order valence-electron chi connectivity index (χ1n) is 7.48. The molecule has 0 bridgehead atoms. The molecule has 2 fully saturated rings. The van der Waals surface area contributed by atoms with Crippen LogP contribution in [-0.4, -0.2) is 36.1 Å². The van der Waals surface area contributed by atoms with Gasteiger partial charge in [0, 0.05) is 19.1 Å². The maximum atomic E-state index is 9.34. The average molecular weight is 249 g/mol. The second-order valence-electron chi connectivity index (χ2n) is 6.43. The molecule has 4 unspecified atom stereocenters. The first-order valence-corrected chi connectivity index (χ1v) is 7.48. The van der Waals surface area contributed by atoms with Gasteiger partial charge in [-0.3, -0.25) is 10.2 Å². The number of nitrogens with zero attached hydrogens (tertiary/aromatic N) is 2. The summed E-state index contributed by atoms with van der Waals surface area (Å²) in [5, 5.41) is 12.7. The first-order chi connectivity index (χ1) is 8.58. The van der Waals surface area contributed by atoms with E-state index in [4.69, 9.17) is 0 Å². The summed E-state index contributed by atoms with van der Waals surface area (Å²) >= 11 is 0. The Morgan fingerprint density at radius 2 is 2.00 bits per heavy atom. The number of nitriles is 1. The van der Waals surface area contributed by atoms with Gasteiger partial charge in [0.05, 0.1) is 6.07 Å². The molecule has 3 nitrogen and oxygen atoms in total. The van der Waals surface area contributed by atoms with Crippen LogP contribution in [0.25, 0.3) is 0 Å². The van der Waals surface area contributed by atoms with Gasteiger partial charge in [-0.1, -0.05) is 13.3 Å². The van der Waals surface area contributed by atoms with E-state index in [1.54, 1.807) is 0 Å². The van der Waals surface area contributed by atoms with Crippen molar-refractivity contribution in [3.8, 4) is 6.07 Å². The van der Waals surface area contributed by atoms with Gasteiger partial charge in [-0.25, -0.2) is 0 Å². The third kappa shape index (κ3) is 2.87. The summed E-state index contributed by atoms with van der Waals surface area (Å²) in [7, 11) is 0. The van der Waals surface area contributed by atoms with Crippen molar-refractivity contribution in [1.82, 2.24) is 10.2 Å². The van der Waals surface area contributed by atoms with Gasteiger partial charge >= 0.3 is 0 Å². The Hall–Kier alpha value is -0.590.